The number of carbonyl (C=O) groups excluding carboxylic acids is 2. The Balaban J connectivity index is 2.06. The minimum atomic E-state index is -4.30. The normalized spacial score (nSPS) is 12.5. The largest absolute Gasteiger partial charge is 0.494 e. The Kier molecular flexibility index (Phi) is 11.8. The van der Waals surface area contributed by atoms with Gasteiger partial charge in [0.05, 0.1) is 31.4 Å². The average molecular weight is 612 g/mol. The fourth-order valence-corrected chi connectivity index (χ4v) is 5.77. The topological polar surface area (TPSA) is 114 Å². The molecular weight excluding hydrogens is 570 g/mol. The summed E-state index contributed by atoms with van der Waals surface area (Å²) >= 11 is 0. The number of carbonyl (C=O) groups is 2. The number of benzene rings is 3. The van der Waals surface area contributed by atoms with E-state index in [1.807, 2.05) is 51.1 Å². The third-order valence-corrected chi connectivity index (χ3v) is 8.79. The van der Waals surface area contributed by atoms with Crippen LogP contribution in [0.2, 0.25) is 0 Å². The molecule has 1 N–H and O–H groups in total. The molecule has 43 heavy (non-hydrogen) atoms. The minimum absolute atomic E-state index is 0.0885. The van der Waals surface area contributed by atoms with E-state index in [0.717, 1.165) is 16.3 Å². The van der Waals surface area contributed by atoms with Crippen LogP contribution in [0.1, 0.15) is 39.7 Å². The van der Waals surface area contributed by atoms with E-state index in [2.05, 4.69) is 5.32 Å². The number of anilines is 1. The molecule has 3 aromatic rings. The number of sulfonamides is 1. The summed E-state index contributed by atoms with van der Waals surface area (Å²) in [6.07, 6.45) is 0.722. The molecule has 2 amide bonds. The van der Waals surface area contributed by atoms with E-state index in [-0.39, 0.29) is 34.8 Å². The predicted molar refractivity (Wildman–Crippen MR) is 166 cm³/mol. The molecule has 2 unspecified atom stereocenters. The molecule has 0 aliphatic heterocycles. The molecule has 0 saturated carbocycles. The van der Waals surface area contributed by atoms with Gasteiger partial charge in [0.2, 0.25) is 11.8 Å². The second-order valence-electron chi connectivity index (χ2n) is 9.96. The summed E-state index contributed by atoms with van der Waals surface area (Å²) in [6.45, 7) is 7.33. The standard InChI is InChI=1S/C32H41N3O7S/c1-7-23(3)33-32(37)24(4)34(21-25-12-10-9-11-13-25)31(36)22-35(26-14-16-27(17-15-26)42-8-2)43(38,39)28-18-19-29(40-5)30(20-28)41-6/h9-20,23-24H,7-8,21-22H2,1-6H3,(H,33,37). The quantitative estimate of drug-likeness (QED) is 0.267. The molecule has 0 heterocycles. The first-order valence-corrected chi connectivity index (χ1v) is 15.6. The number of nitrogens with zero attached hydrogens (tertiary/aromatic N) is 2. The van der Waals surface area contributed by atoms with Crippen LogP contribution in [0.4, 0.5) is 5.69 Å². The highest BCUT2D eigenvalue weighted by Crippen LogP contribution is 2.33. The summed E-state index contributed by atoms with van der Waals surface area (Å²) in [4.78, 5) is 28.6. The fraction of sp³-hybridized carbons (Fsp3) is 0.375. The Hall–Kier alpha value is -4.25. The lowest BCUT2D eigenvalue weighted by molar-refractivity contribution is -0.139. The van der Waals surface area contributed by atoms with Gasteiger partial charge in [-0.1, -0.05) is 37.3 Å². The minimum Gasteiger partial charge on any atom is -0.494 e. The van der Waals surface area contributed by atoms with Gasteiger partial charge in [0.15, 0.2) is 11.5 Å². The molecule has 0 aliphatic carbocycles. The molecule has 0 aromatic heterocycles. The lowest BCUT2D eigenvalue weighted by atomic mass is 10.1. The Morgan fingerprint density at radius 3 is 2.12 bits per heavy atom. The average Bonchev–Trinajstić information content (AvgIpc) is 3.02. The van der Waals surface area contributed by atoms with Gasteiger partial charge < -0.3 is 24.4 Å². The van der Waals surface area contributed by atoms with Crippen LogP contribution in [0, 0.1) is 0 Å². The first kappa shape index (κ1) is 33.3. The number of methoxy groups -OCH3 is 2. The smallest absolute Gasteiger partial charge is 0.264 e. The van der Waals surface area contributed by atoms with Crippen molar-refractivity contribution in [2.75, 3.05) is 31.7 Å². The molecule has 0 spiro atoms. The third kappa shape index (κ3) is 8.41. The van der Waals surface area contributed by atoms with E-state index in [1.165, 1.54) is 37.3 Å². The number of rotatable bonds is 15. The third-order valence-electron chi connectivity index (χ3n) is 7.02. The van der Waals surface area contributed by atoms with Crippen LogP contribution in [0.15, 0.2) is 77.7 Å². The van der Waals surface area contributed by atoms with Gasteiger partial charge in [-0.3, -0.25) is 13.9 Å². The summed E-state index contributed by atoms with van der Waals surface area (Å²) in [7, 11) is -1.43. The Morgan fingerprint density at radius 1 is 0.884 bits per heavy atom. The maximum Gasteiger partial charge on any atom is 0.264 e. The van der Waals surface area contributed by atoms with Crippen LogP contribution in [0.3, 0.4) is 0 Å². The molecule has 0 fully saturated rings. The van der Waals surface area contributed by atoms with Crippen molar-refractivity contribution < 1.29 is 32.2 Å². The van der Waals surface area contributed by atoms with Crippen molar-refractivity contribution in [3.05, 3.63) is 78.4 Å². The van der Waals surface area contributed by atoms with Crippen molar-refractivity contribution in [2.45, 2.75) is 57.6 Å². The van der Waals surface area contributed by atoms with Crippen LogP contribution < -0.4 is 23.8 Å². The van der Waals surface area contributed by atoms with Gasteiger partial charge in [0.25, 0.3) is 10.0 Å². The van der Waals surface area contributed by atoms with Crippen LogP contribution in [-0.4, -0.2) is 64.6 Å². The molecule has 10 nitrogen and oxygen atoms in total. The summed E-state index contributed by atoms with van der Waals surface area (Å²) in [5.74, 6) is 0.271. The molecule has 3 rings (SSSR count). The fourth-order valence-electron chi connectivity index (χ4n) is 4.34. The summed E-state index contributed by atoms with van der Waals surface area (Å²) < 4.78 is 45.5. The molecule has 2 atom stereocenters. The van der Waals surface area contributed by atoms with E-state index in [1.54, 1.807) is 31.2 Å². The molecular formula is C32H41N3O7S. The van der Waals surface area contributed by atoms with Gasteiger partial charge in [-0.2, -0.15) is 0 Å². The van der Waals surface area contributed by atoms with E-state index in [0.29, 0.717) is 18.1 Å². The van der Waals surface area contributed by atoms with Crippen LogP contribution >= 0.6 is 0 Å². The zero-order valence-corrected chi connectivity index (χ0v) is 26.4. The van der Waals surface area contributed by atoms with Gasteiger partial charge in [0.1, 0.15) is 18.3 Å². The van der Waals surface area contributed by atoms with Crippen molar-refractivity contribution in [1.82, 2.24) is 10.2 Å². The molecule has 232 valence electrons. The lowest BCUT2D eigenvalue weighted by Crippen LogP contribution is -2.52. The zero-order chi connectivity index (χ0) is 31.6. The van der Waals surface area contributed by atoms with Crippen molar-refractivity contribution >= 4 is 27.5 Å². The molecule has 0 bridgehead atoms. The Morgan fingerprint density at radius 2 is 1.53 bits per heavy atom. The maximum absolute atomic E-state index is 14.2. The lowest BCUT2D eigenvalue weighted by Gasteiger charge is -2.32. The van der Waals surface area contributed by atoms with Gasteiger partial charge in [0, 0.05) is 18.7 Å². The van der Waals surface area contributed by atoms with E-state index in [9.17, 15) is 18.0 Å². The van der Waals surface area contributed by atoms with E-state index < -0.39 is 28.5 Å². The Labute approximate surface area is 254 Å². The molecule has 11 heteroatoms. The number of hydrogen-bond acceptors (Lipinski definition) is 7. The highest BCUT2D eigenvalue weighted by atomic mass is 32.2. The van der Waals surface area contributed by atoms with Crippen molar-refractivity contribution in [1.29, 1.82) is 0 Å². The number of amides is 2. The molecule has 0 saturated heterocycles. The van der Waals surface area contributed by atoms with Crippen LogP contribution in [-0.2, 0) is 26.2 Å². The second-order valence-corrected chi connectivity index (χ2v) is 11.8. The van der Waals surface area contributed by atoms with Crippen molar-refractivity contribution in [3.8, 4) is 17.2 Å². The van der Waals surface area contributed by atoms with Crippen LogP contribution in [0.5, 0.6) is 17.2 Å². The molecule has 0 radical (unpaired) electrons. The summed E-state index contributed by atoms with van der Waals surface area (Å²) in [5, 5.41) is 2.93. The number of nitrogens with one attached hydrogen (secondary N) is 1. The zero-order valence-electron chi connectivity index (χ0n) is 25.6. The highest BCUT2D eigenvalue weighted by Gasteiger charge is 2.33. The first-order chi connectivity index (χ1) is 20.5. The molecule has 3 aromatic carbocycles. The van der Waals surface area contributed by atoms with E-state index in [4.69, 9.17) is 14.2 Å². The Bertz CT molecular complexity index is 1460. The predicted octanol–water partition coefficient (Wildman–Crippen LogP) is 4.63. The van der Waals surface area contributed by atoms with Gasteiger partial charge in [-0.05, 0) is 69.2 Å². The van der Waals surface area contributed by atoms with Crippen LogP contribution in [0.25, 0.3) is 0 Å². The maximum atomic E-state index is 14.2. The van der Waals surface area contributed by atoms with E-state index >= 15 is 0 Å². The highest BCUT2D eigenvalue weighted by molar-refractivity contribution is 7.92. The van der Waals surface area contributed by atoms with Gasteiger partial charge in [-0.25, -0.2) is 8.42 Å². The van der Waals surface area contributed by atoms with Gasteiger partial charge >= 0.3 is 0 Å². The molecule has 0 aliphatic rings. The summed E-state index contributed by atoms with van der Waals surface area (Å²) in [6, 6.07) is 19.0. The van der Waals surface area contributed by atoms with Gasteiger partial charge in [-0.15, -0.1) is 0 Å². The number of ether oxygens (including phenoxy) is 3. The number of hydrogen-bond donors (Lipinski definition) is 1. The first-order valence-electron chi connectivity index (χ1n) is 14.2. The van der Waals surface area contributed by atoms with Crippen molar-refractivity contribution in [3.63, 3.8) is 0 Å². The summed E-state index contributed by atoms with van der Waals surface area (Å²) in [5.41, 5.74) is 1.05. The monoisotopic (exact) mass is 611 g/mol. The SMILES string of the molecule is CCOc1ccc(N(CC(=O)N(Cc2ccccc2)C(C)C(=O)NC(C)CC)S(=O)(=O)c2ccc(OC)c(OC)c2)cc1. The second kappa shape index (κ2) is 15.3. The van der Waals surface area contributed by atoms with Crippen molar-refractivity contribution in [2.24, 2.45) is 0 Å².